The third-order valence-electron chi connectivity index (χ3n) is 4.84. The number of phenolic OH excluding ortho intramolecular Hbond substituents is 2. The summed E-state index contributed by atoms with van der Waals surface area (Å²) in [5.74, 6) is -0.612. The summed E-state index contributed by atoms with van der Waals surface area (Å²) in [5.41, 5.74) is 2.27. The van der Waals surface area contributed by atoms with Gasteiger partial charge in [0.15, 0.2) is 5.82 Å². The molecule has 10 heteroatoms. The Morgan fingerprint density at radius 2 is 1.69 bits per heavy atom. The van der Waals surface area contributed by atoms with Gasteiger partial charge in [0.1, 0.15) is 11.5 Å². The standard InChI is InChI=1S/C22H25N5O5/c1-12(2)16-8-17(19(30)9-18(16)29)21-25-26-22(32)27(21)15-6-4-14(5-7-15)10-24-20(31)11-23-13(3)28/h4-9,12,29-30H,10-11H2,1-3H3,(H,23,28)(H,24,31)(H,26,32). The number of hydrogen-bond donors (Lipinski definition) is 5. The van der Waals surface area contributed by atoms with E-state index in [1.54, 1.807) is 30.3 Å². The lowest BCUT2D eigenvalue weighted by atomic mass is 9.98. The zero-order chi connectivity index (χ0) is 23.4. The van der Waals surface area contributed by atoms with Crippen LogP contribution in [0.25, 0.3) is 17.1 Å². The van der Waals surface area contributed by atoms with Gasteiger partial charge in [-0.2, -0.15) is 0 Å². The first kappa shape index (κ1) is 22.6. The van der Waals surface area contributed by atoms with Gasteiger partial charge < -0.3 is 26.0 Å². The maximum atomic E-state index is 11.7. The summed E-state index contributed by atoms with van der Waals surface area (Å²) < 4.78 is 1.37. The van der Waals surface area contributed by atoms with Gasteiger partial charge in [-0.3, -0.25) is 9.59 Å². The highest BCUT2D eigenvalue weighted by Crippen LogP contribution is 2.38. The number of aromatic hydroxyl groups is 3. The molecule has 0 aliphatic rings. The maximum Gasteiger partial charge on any atom is 0.319 e. The third-order valence-corrected chi connectivity index (χ3v) is 4.84. The maximum absolute atomic E-state index is 11.7. The van der Waals surface area contributed by atoms with E-state index in [0.29, 0.717) is 16.8 Å². The van der Waals surface area contributed by atoms with E-state index in [1.807, 2.05) is 13.8 Å². The number of phenols is 2. The fourth-order valence-electron chi connectivity index (χ4n) is 3.15. The second kappa shape index (κ2) is 9.38. The Morgan fingerprint density at radius 1 is 1.00 bits per heavy atom. The molecule has 0 saturated heterocycles. The zero-order valence-electron chi connectivity index (χ0n) is 18.0. The van der Waals surface area contributed by atoms with Crippen molar-refractivity contribution in [3.8, 4) is 34.6 Å². The zero-order valence-corrected chi connectivity index (χ0v) is 18.0. The number of nitrogens with one attached hydrogen (secondary N) is 2. The molecule has 0 atom stereocenters. The molecule has 0 spiro atoms. The molecule has 0 fully saturated rings. The fourth-order valence-corrected chi connectivity index (χ4v) is 3.15. The summed E-state index contributed by atoms with van der Waals surface area (Å²) in [6.07, 6.45) is 0. The van der Waals surface area contributed by atoms with Gasteiger partial charge in [-0.05, 0) is 35.2 Å². The van der Waals surface area contributed by atoms with Gasteiger partial charge in [-0.25, -0.2) is 4.57 Å². The van der Waals surface area contributed by atoms with Crippen LogP contribution >= 0.6 is 0 Å². The average Bonchev–Trinajstić information content (AvgIpc) is 3.12. The van der Waals surface area contributed by atoms with Crippen molar-refractivity contribution in [3.63, 3.8) is 0 Å². The Hall–Kier alpha value is -4.08. The van der Waals surface area contributed by atoms with Crippen LogP contribution in [-0.2, 0) is 16.1 Å². The van der Waals surface area contributed by atoms with E-state index in [2.05, 4.69) is 20.8 Å². The molecule has 32 heavy (non-hydrogen) atoms. The Labute approximate surface area is 184 Å². The van der Waals surface area contributed by atoms with Gasteiger partial charge in [0.05, 0.1) is 17.8 Å². The first-order chi connectivity index (χ1) is 15.2. The van der Waals surface area contributed by atoms with Crippen LogP contribution in [0.1, 0.15) is 37.8 Å². The van der Waals surface area contributed by atoms with Gasteiger partial charge in [0, 0.05) is 19.5 Å². The number of amides is 2. The molecular formula is C22H25N5O5. The van der Waals surface area contributed by atoms with Crippen molar-refractivity contribution in [2.24, 2.45) is 0 Å². The largest absolute Gasteiger partial charge is 0.508 e. The molecule has 10 nitrogen and oxygen atoms in total. The lowest BCUT2D eigenvalue weighted by Crippen LogP contribution is -2.35. The molecular weight excluding hydrogens is 414 g/mol. The SMILES string of the molecule is CC(=O)NCC(=O)NCc1ccc(-n2c(O)nnc2-c2cc(C(C)C)c(O)cc2O)cc1. The molecule has 5 N–H and O–H groups in total. The highest BCUT2D eigenvalue weighted by molar-refractivity contribution is 5.83. The van der Waals surface area contributed by atoms with E-state index >= 15 is 0 Å². The summed E-state index contributed by atoms with van der Waals surface area (Å²) in [6.45, 7) is 5.32. The number of carbonyl (C=O) groups excluding carboxylic acids is 2. The number of nitrogens with zero attached hydrogens (tertiary/aromatic N) is 3. The first-order valence-electron chi connectivity index (χ1n) is 9.98. The van der Waals surface area contributed by atoms with E-state index in [9.17, 15) is 24.9 Å². The number of hydrogen-bond acceptors (Lipinski definition) is 7. The lowest BCUT2D eigenvalue weighted by Gasteiger charge is -2.14. The monoisotopic (exact) mass is 439 g/mol. The fraction of sp³-hybridized carbons (Fsp3) is 0.273. The molecule has 3 aromatic rings. The molecule has 1 aromatic heterocycles. The van der Waals surface area contributed by atoms with Crippen molar-refractivity contribution in [2.75, 3.05) is 6.54 Å². The number of aromatic nitrogens is 3. The third kappa shape index (κ3) is 4.97. The minimum atomic E-state index is -0.366. The van der Waals surface area contributed by atoms with Crippen LogP contribution in [0.4, 0.5) is 0 Å². The van der Waals surface area contributed by atoms with Crippen LogP contribution in [0.3, 0.4) is 0 Å². The van der Waals surface area contributed by atoms with Crippen LogP contribution in [0.2, 0.25) is 0 Å². The summed E-state index contributed by atoms with van der Waals surface area (Å²) in [6, 6.07) is 9.43. The lowest BCUT2D eigenvalue weighted by molar-refractivity contribution is -0.125. The van der Waals surface area contributed by atoms with Crippen molar-refractivity contribution >= 4 is 11.8 Å². The van der Waals surface area contributed by atoms with Crippen molar-refractivity contribution in [1.29, 1.82) is 0 Å². The van der Waals surface area contributed by atoms with Crippen molar-refractivity contribution in [1.82, 2.24) is 25.4 Å². The predicted octanol–water partition coefficient (Wildman–Crippen LogP) is 1.93. The Morgan fingerprint density at radius 3 is 2.31 bits per heavy atom. The molecule has 0 saturated carbocycles. The average molecular weight is 439 g/mol. The highest BCUT2D eigenvalue weighted by atomic mass is 16.3. The second-order valence-electron chi connectivity index (χ2n) is 7.59. The molecule has 2 amide bonds. The van der Waals surface area contributed by atoms with Gasteiger partial charge in [-0.1, -0.05) is 31.1 Å². The van der Waals surface area contributed by atoms with Crippen molar-refractivity contribution in [2.45, 2.75) is 33.2 Å². The van der Waals surface area contributed by atoms with Gasteiger partial charge in [0.2, 0.25) is 11.8 Å². The first-order valence-corrected chi connectivity index (χ1v) is 9.98. The van der Waals surface area contributed by atoms with Crippen LogP contribution in [-0.4, -0.2) is 48.4 Å². The van der Waals surface area contributed by atoms with Gasteiger partial charge >= 0.3 is 6.01 Å². The van der Waals surface area contributed by atoms with E-state index in [-0.39, 0.29) is 54.2 Å². The van der Waals surface area contributed by atoms with Crippen LogP contribution < -0.4 is 10.6 Å². The Bertz CT molecular complexity index is 1140. The second-order valence-corrected chi connectivity index (χ2v) is 7.59. The normalized spacial score (nSPS) is 10.9. The molecule has 0 aliphatic carbocycles. The predicted molar refractivity (Wildman–Crippen MR) is 116 cm³/mol. The molecule has 168 valence electrons. The minimum absolute atomic E-state index is 0.000501. The van der Waals surface area contributed by atoms with E-state index < -0.39 is 0 Å². The van der Waals surface area contributed by atoms with Crippen LogP contribution in [0, 0.1) is 0 Å². The molecule has 3 rings (SSSR count). The van der Waals surface area contributed by atoms with Crippen LogP contribution in [0.15, 0.2) is 36.4 Å². The van der Waals surface area contributed by atoms with E-state index in [4.69, 9.17) is 0 Å². The smallest absolute Gasteiger partial charge is 0.319 e. The van der Waals surface area contributed by atoms with E-state index in [0.717, 1.165) is 5.56 Å². The minimum Gasteiger partial charge on any atom is -0.508 e. The molecule has 2 aromatic carbocycles. The van der Waals surface area contributed by atoms with E-state index in [1.165, 1.54) is 17.6 Å². The highest BCUT2D eigenvalue weighted by Gasteiger charge is 2.20. The number of rotatable bonds is 7. The molecule has 0 bridgehead atoms. The van der Waals surface area contributed by atoms with Crippen molar-refractivity contribution in [3.05, 3.63) is 47.5 Å². The topological polar surface area (TPSA) is 150 Å². The molecule has 0 radical (unpaired) electrons. The summed E-state index contributed by atoms with van der Waals surface area (Å²) >= 11 is 0. The number of carbonyl (C=O) groups is 2. The van der Waals surface area contributed by atoms with Gasteiger partial charge in [0.25, 0.3) is 0 Å². The molecule has 0 unspecified atom stereocenters. The summed E-state index contributed by atoms with van der Waals surface area (Å²) in [5, 5.41) is 43.6. The van der Waals surface area contributed by atoms with Crippen molar-refractivity contribution < 1.29 is 24.9 Å². The quantitative estimate of drug-likeness (QED) is 0.377. The Balaban J connectivity index is 1.85. The Kier molecular flexibility index (Phi) is 6.62. The van der Waals surface area contributed by atoms with Crippen LogP contribution in [0.5, 0.6) is 17.5 Å². The molecule has 1 heterocycles. The molecule has 0 aliphatic heterocycles. The summed E-state index contributed by atoms with van der Waals surface area (Å²) in [4.78, 5) is 22.6. The summed E-state index contributed by atoms with van der Waals surface area (Å²) in [7, 11) is 0. The van der Waals surface area contributed by atoms with Gasteiger partial charge in [-0.15, -0.1) is 5.10 Å². The number of benzene rings is 2.